The van der Waals surface area contributed by atoms with E-state index in [0.717, 1.165) is 44.6 Å². The van der Waals surface area contributed by atoms with Gasteiger partial charge in [0.15, 0.2) is 6.29 Å². The van der Waals surface area contributed by atoms with Gasteiger partial charge in [0.1, 0.15) is 0 Å². The summed E-state index contributed by atoms with van der Waals surface area (Å²) in [4.78, 5) is 2.68. The fourth-order valence-corrected chi connectivity index (χ4v) is 3.14. The Morgan fingerprint density at radius 1 is 1.06 bits per heavy atom. The Hall–Kier alpha value is -0.120. The maximum absolute atomic E-state index is 5.65. The van der Waals surface area contributed by atoms with E-state index in [1.807, 2.05) is 0 Å². The largest absolute Gasteiger partial charge is 0.353 e. The minimum atomic E-state index is 0.0508. The molecule has 0 aromatic heterocycles. The second-order valence-corrected chi connectivity index (χ2v) is 6.14. The first-order valence-electron chi connectivity index (χ1n) is 7.73. The van der Waals surface area contributed by atoms with Gasteiger partial charge in [0.2, 0.25) is 0 Å². The Morgan fingerprint density at radius 2 is 1.72 bits per heavy atom. The van der Waals surface area contributed by atoms with E-state index in [1.54, 1.807) is 0 Å². The number of rotatable bonds is 6. The summed E-state index contributed by atoms with van der Waals surface area (Å²) in [7, 11) is 0. The molecule has 1 aliphatic carbocycles. The van der Waals surface area contributed by atoms with Crippen molar-refractivity contribution < 1.29 is 9.47 Å². The summed E-state index contributed by atoms with van der Waals surface area (Å²) >= 11 is 0. The molecule has 3 nitrogen and oxygen atoms in total. The van der Waals surface area contributed by atoms with E-state index >= 15 is 0 Å². The quantitative estimate of drug-likeness (QED) is 0.728. The monoisotopic (exact) mass is 255 g/mol. The van der Waals surface area contributed by atoms with E-state index in [2.05, 4.69) is 18.7 Å². The van der Waals surface area contributed by atoms with Gasteiger partial charge in [-0.25, -0.2) is 0 Å². The van der Waals surface area contributed by atoms with E-state index in [9.17, 15) is 0 Å². The molecule has 2 fully saturated rings. The van der Waals surface area contributed by atoms with Crippen LogP contribution < -0.4 is 0 Å². The van der Waals surface area contributed by atoms with E-state index in [4.69, 9.17) is 9.47 Å². The van der Waals surface area contributed by atoms with Crippen molar-refractivity contribution in [1.29, 1.82) is 0 Å². The van der Waals surface area contributed by atoms with Crippen LogP contribution in [0.25, 0.3) is 0 Å². The van der Waals surface area contributed by atoms with E-state index < -0.39 is 0 Å². The lowest BCUT2D eigenvalue weighted by Crippen LogP contribution is -2.39. The summed E-state index contributed by atoms with van der Waals surface area (Å²) in [6.07, 6.45) is 7.73. The predicted octanol–water partition coefficient (Wildman–Crippen LogP) is 3.04. The van der Waals surface area contributed by atoms with Gasteiger partial charge in [0.25, 0.3) is 0 Å². The predicted molar refractivity (Wildman–Crippen MR) is 73.6 cm³/mol. The molecule has 1 heterocycles. The van der Waals surface area contributed by atoms with Crippen LogP contribution >= 0.6 is 0 Å². The lowest BCUT2D eigenvalue weighted by atomic mass is 10.1. The van der Waals surface area contributed by atoms with Gasteiger partial charge in [-0.05, 0) is 25.2 Å². The van der Waals surface area contributed by atoms with Crippen LogP contribution in [0.2, 0.25) is 0 Å². The van der Waals surface area contributed by atoms with Crippen LogP contribution in [-0.4, -0.2) is 43.5 Å². The molecule has 0 unspecified atom stereocenters. The minimum Gasteiger partial charge on any atom is -0.353 e. The first-order chi connectivity index (χ1) is 8.75. The van der Waals surface area contributed by atoms with Crippen LogP contribution in [0, 0.1) is 5.92 Å². The maximum atomic E-state index is 5.65. The molecule has 0 bridgehead atoms. The average molecular weight is 255 g/mol. The third-order valence-corrected chi connectivity index (χ3v) is 3.99. The number of hydrogen-bond acceptors (Lipinski definition) is 3. The standard InChI is InChI=1S/C15H29NO2/c1-13(2)12-16(14-6-3-4-7-14)9-8-15-17-10-5-11-18-15/h13-15H,3-12H2,1-2H3. The zero-order chi connectivity index (χ0) is 12.8. The first kappa shape index (κ1) is 14.3. The number of hydrogen-bond donors (Lipinski definition) is 0. The SMILES string of the molecule is CC(C)CN(CCC1OCCCO1)C1CCCC1. The Labute approximate surface area is 112 Å². The Morgan fingerprint density at radius 3 is 2.33 bits per heavy atom. The summed E-state index contributed by atoms with van der Waals surface area (Å²) < 4.78 is 11.3. The molecule has 0 radical (unpaired) electrons. The van der Waals surface area contributed by atoms with Gasteiger partial charge in [-0.1, -0.05) is 26.7 Å². The van der Waals surface area contributed by atoms with Crippen molar-refractivity contribution in [1.82, 2.24) is 4.90 Å². The Balaban J connectivity index is 1.76. The molecular weight excluding hydrogens is 226 g/mol. The van der Waals surface area contributed by atoms with Crippen molar-refractivity contribution in [3.63, 3.8) is 0 Å². The molecule has 2 rings (SSSR count). The highest BCUT2D eigenvalue weighted by Crippen LogP contribution is 2.25. The molecule has 1 aliphatic heterocycles. The van der Waals surface area contributed by atoms with Crippen molar-refractivity contribution in [3.8, 4) is 0 Å². The van der Waals surface area contributed by atoms with Gasteiger partial charge in [-0.2, -0.15) is 0 Å². The molecule has 0 amide bonds. The fraction of sp³-hybridized carbons (Fsp3) is 1.00. The van der Waals surface area contributed by atoms with Crippen LogP contribution in [0.3, 0.4) is 0 Å². The van der Waals surface area contributed by atoms with Crippen molar-refractivity contribution >= 4 is 0 Å². The van der Waals surface area contributed by atoms with Crippen molar-refractivity contribution in [3.05, 3.63) is 0 Å². The molecule has 18 heavy (non-hydrogen) atoms. The molecule has 2 aliphatic rings. The highest BCUT2D eigenvalue weighted by Gasteiger charge is 2.24. The number of nitrogens with zero attached hydrogens (tertiary/aromatic N) is 1. The maximum Gasteiger partial charge on any atom is 0.158 e. The molecule has 0 aromatic carbocycles. The zero-order valence-corrected chi connectivity index (χ0v) is 12.1. The average Bonchev–Trinajstić information content (AvgIpc) is 2.89. The lowest BCUT2D eigenvalue weighted by molar-refractivity contribution is -0.183. The molecule has 0 aromatic rings. The molecule has 0 N–H and O–H groups in total. The van der Waals surface area contributed by atoms with Crippen LogP contribution in [0.5, 0.6) is 0 Å². The lowest BCUT2D eigenvalue weighted by Gasteiger charge is -2.32. The third-order valence-electron chi connectivity index (χ3n) is 3.99. The first-order valence-corrected chi connectivity index (χ1v) is 7.73. The van der Waals surface area contributed by atoms with Gasteiger partial charge >= 0.3 is 0 Å². The van der Waals surface area contributed by atoms with Crippen LogP contribution in [-0.2, 0) is 9.47 Å². The number of ether oxygens (including phenoxy) is 2. The van der Waals surface area contributed by atoms with Crippen molar-refractivity contribution in [2.45, 2.75) is 64.7 Å². The molecule has 1 saturated carbocycles. The highest BCUT2D eigenvalue weighted by molar-refractivity contribution is 4.78. The summed E-state index contributed by atoms with van der Waals surface area (Å²) in [5.41, 5.74) is 0. The van der Waals surface area contributed by atoms with Crippen molar-refractivity contribution in [2.24, 2.45) is 5.92 Å². The minimum absolute atomic E-state index is 0.0508. The van der Waals surface area contributed by atoms with Crippen LogP contribution in [0.1, 0.15) is 52.4 Å². The van der Waals surface area contributed by atoms with Gasteiger partial charge in [0, 0.05) is 25.6 Å². The second kappa shape index (κ2) is 7.46. The van der Waals surface area contributed by atoms with Crippen molar-refractivity contribution in [2.75, 3.05) is 26.3 Å². The topological polar surface area (TPSA) is 21.7 Å². The summed E-state index contributed by atoms with van der Waals surface area (Å²) in [5, 5.41) is 0. The summed E-state index contributed by atoms with van der Waals surface area (Å²) in [5.74, 6) is 0.749. The van der Waals surface area contributed by atoms with Crippen LogP contribution in [0.4, 0.5) is 0 Å². The Bertz CT molecular complexity index is 221. The molecular formula is C15H29NO2. The third kappa shape index (κ3) is 4.52. The molecule has 0 atom stereocenters. The van der Waals surface area contributed by atoms with Gasteiger partial charge in [-0.3, -0.25) is 4.90 Å². The summed E-state index contributed by atoms with van der Waals surface area (Å²) in [6, 6.07) is 0.816. The highest BCUT2D eigenvalue weighted by atomic mass is 16.7. The molecule has 3 heteroatoms. The Kier molecular flexibility index (Phi) is 5.93. The summed E-state index contributed by atoms with van der Waals surface area (Å²) in [6.45, 7) is 8.73. The smallest absolute Gasteiger partial charge is 0.158 e. The van der Waals surface area contributed by atoms with Gasteiger partial charge < -0.3 is 9.47 Å². The molecule has 0 spiro atoms. The van der Waals surface area contributed by atoms with Gasteiger partial charge in [-0.15, -0.1) is 0 Å². The van der Waals surface area contributed by atoms with Gasteiger partial charge in [0.05, 0.1) is 13.2 Å². The van der Waals surface area contributed by atoms with E-state index in [0.29, 0.717) is 0 Å². The molecule has 106 valence electrons. The van der Waals surface area contributed by atoms with Crippen LogP contribution in [0.15, 0.2) is 0 Å². The van der Waals surface area contributed by atoms with E-state index in [1.165, 1.54) is 32.2 Å². The van der Waals surface area contributed by atoms with E-state index in [-0.39, 0.29) is 6.29 Å². The fourth-order valence-electron chi connectivity index (χ4n) is 3.14. The molecule has 1 saturated heterocycles. The zero-order valence-electron chi connectivity index (χ0n) is 12.1. The second-order valence-electron chi connectivity index (χ2n) is 6.14. The normalized spacial score (nSPS) is 23.3.